The topological polar surface area (TPSA) is 75.7 Å². The van der Waals surface area contributed by atoms with Gasteiger partial charge in [-0.15, -0.1) is 11.3 Å². The minimum Gasteiger partial charge on any atom is -0.494 e. The molecule has 8 heteroatoms. The molecule has 0 fully saturated rings. The summed E-state index contributed by atoms with van der Waals surface area (Å²) in [5.41, 5.74) is 1.33. The second-order valence-corrected chi connectivity index (χ2v) is 9.39. The predicted octanol–water partition coefficient (Wildman–Crippen LogP) is 4.68. The summed E-state index contributed by atoms with van der Waals surface area (Å²) < 4.78 is 6.46. The molecule has 1 aliphatic rings. The molecule has 1 aromatic heterocycles. The van der Waals surface area contributed by atoms with Gasteiger partial charge in [-0.05, 0) is 83.9 Å². The lowest BCUT2D eigenvalue weighted by Gasteiger charge is -2.14. The van der Waals surface area contributed by atoms with Crippen molar-refractivity contribution in [2.75, 3.05) is 18.1 Å². The number of imide groups is 1. The third-order valence-corrected chi connectivity index (χ3v) is 6.52. The molecule has 1 aliphatic heterocycles. The number of hydrogen-bond acceptors (Lipinski definition) is 5. The van der Waals surface area contributed by atoms with E-state index in [9.17, 15) is 14.4 Å². The fraction of sp³-hybridized carbons (Fsp3) is 0.174. The molecule has 0 saturated carbocycles. The summed E-state index contributed by atoms with van der Waals surface area (Å²) in [6, 6.07) is 15.4. The maximum absolute atomic E-state index is 12.9. The van der Waals surface area contributed by atoms with Crippen LogP contribution in [0.4, 0.5) is 5.69 Å². The van der Waals surface area contributed by atoms with Crippen LogP contribution in [0.15, 0.2) is 58.4 Å². The normalized spacial score (nSPS) is 12.8. The van der Waals surface area contributed by atoms with Crippen LogP contribution in [0.3, 0.4) is 0 Å². The fourth-order valence-corrected chi connectivity index (χ4v) is 4.84. The van der Waals surface area contributed by atoms with E-state index in [2.05, 4.69) is 21.2 Å². The maximum atomic E-state index is 12.9. The quantitative estimate of drug-likeness (QED) is 0.479. The Labute approximate surface area is 192 Å². The highest BCUT2D eigenvalue weighted by molar-refractivity contribution is 9.11. The van der Waals surface area contributed by atoms with E-state index in [0.29, 0.717) is 35.7 Å². The van der Waals surface area contributed by atoms with Gasteiger partial charge in [0.15, 0.2) is 0 Å². The summed E-state index contributed by atoms with van der Waals surface area (Å²) in [4.78, 5) is 40.6. The smallest absolute Gasteiger partial charge is 0.266 e. The summed E-state index contributed by atoms with van der Waals surface area (Å²) in [5, 5.41) is 2.86. The van der Waals surface area contributed by atoms with Crippen molar-refractivity contribution in [1.82, 2.24) is 5.32 Å². The molecular weight excluding hydrogens is 480 g/mol. The Balaban J connectivity index is 1.47. The summed E-state index contributed by atoms with van der Waals surface area (Å²) in [5.74, 6) is -0.462. The van der Waals surface area contributed by atoms with Crippen molar-refractivity contribution in [3.63, 3.8) is 0 Å². The first-order valence-electron chi connectivity index (χ1n) is 9.76. The number of fused-ring (bicyclic) bond motifs is 1. The minimum absolute atomic E-state index is 0.230. The standard InChI is InChI=1S/C23H19BrN2O4S/c1-2-30-16-6-4-15(5-7-16)26-22(28)18-9-3-14(13-19(18)23(26)29)21(27)25-12-11-17-8-10-20(24)31-17/h3-10,13H,2,11-12H2,1H3,(H,25,27). The largest absolute Gasteiger partial charge is 0.494 e. The van der Waals surface area contributed by atoms with E-state index in [1.54, 1.807) is 41.7 Å². The zero-order valence-electron chi connectivity index (χ0n) is 16.7. The van der Waals surface area contributed by atoms with Crippen LogP contribution in [0.5, 0.6) is 5.75 Å². The summed E-state index contributed by atoms with van der Waals surface area (Å²) in [7, 11) is 0. The zero-order valence-corrected chi connectivity index (χ0v) is 19.1. The van der Waals surface area contributed by atoms with Crippen molar-refractivity contribution < 1.29 is 19.1 Å². The molecule has 0 saturated heterocycles. The van der Waals surface area contributed by atoms with E-state index in [1.807, 2.05) is 19.1 Å². The van der Waals surface area contributed by atoms with E-state index >= 15 is 0 Å². The number of carbonyl (C=O) groups excluding carboxylic acids is 3. The van der Waals surface area contributed by atoms with E-state index in [1.165, 1.54) is 12.1 Å². The van der Waals surface area contributed by atoms with Crippen molar-refractivity contribution in [3.8, 4) is 5.75 Å². The van der Waals surface area contributed by atoms with Crippen LogP contribution < -0.4 is 15.0 Å². The minimum atomic E-state index is -0.442. The summed E-state index contributed by atoms with van der Waals surface area (Å²) in [6.07, 6.45) is 0.718. The van der Waals surface area contributed by atoms with Crippen LogP contribution in [0, 0.1) is 0 Å². The third-order valence-electron chi connectivity index (χ3n) is 4.84. The number of carbonyl (C=O) groups is 3. The SMILES string of the molecule is CCOc1ccc(N2C(=O)c3ccc(C(=O)NCCc4ccc(Br)s4)cc3C2=O)cc1. The molecule has 0 aliphatic carbocycles. The molecule has 31 heavy (non-hydrogen) atoms. The van der Waals surface area contributed by atoms with Gasteiger partial charge in [-0.2, -0.15) is 0 Å². The molecule has 0 atom stereocenters. The number of halogens is 1. The highest BCUT2D eigenvalue weighted by atomic mass is 79.9. The van der Waals surface area contributed by atoms with E-state index < -0.39 is 11.8 Å². The van der Waals surface area contributed by atoms with Crippen LogP contribution in [-0.4, -0.2) is 30.9 Å². The Morgan fingerprint density at radius 1 is 1.03 bits per heavy atom. The van der Waals surface area contributed by atoms with Crippen LogP contribution >= 0.6 is 27.3 Å². The van der Waals surface area contributed by atoms with Gasteiger partial charge < -0.3 is 10.1 Å². The zero-order chi connectivity index (χ0) is 22.0. The highest BCUT2D eigenvalue weighted by Gasteiger charge is 2.37. The van der Waals surface area contributed by atoms with Gasteiger partial charge in [-0.3, -0.25) is 14.4 Å². The number of thiophene rings is 1. The van der Waals surface area contributed by atoms with Crippen LogP contribution in [0.1, 0.15) is 42.9 Å². The average Bonchev–Trinajstić information content (AvgIpc) is 3.29. The van der Waals surface area contributed by atoms with Gasteiger partial charge in [0.25, 0.3) is 17.7 Å². The molecule has 3 amide bonds. The van der Waals surface area contributed by atoms with Gasteiger partial charge in [0, 0.05) is 17.0 Å². The molecule has 0 radical (unpaired) electrons. The molecule has 1 N–H and O–H groups in total. The Morgan fingerprint density at radius 2 is 1.77 bits per heavy atom. The second kappa shape index (κ2) is 9.03. The lowest BCUT2D eigenvalue weighted by molar-refractivity contribution is 0.0923. The highest BCUT2D eigenvalue weighted by Crippen LogP contribution is 2.30. The summed E-state index contributed by atoms with van der Waals surface area (Å²) in [6.45, 7) is 2.89. The van der Waals surface area contributed by atoms with Gasteiger partial charge in [-0.25, -0.2) is 4.90 Å². The molecule has 6 nitrogen and oxygen atoms in total. The Bertz CT molecular complexity index is 1160. The summed E-state index contributed by atoms with van der Waals surface area (Å²) >= 11 is 5.05. The van der Waals surface area contributed by atoms with E-state index in [-0.39, 0.29) is 11.5 Å². The van der Waals surface area contributed by atoms with Gasteiger partial charge >= 0.3 is 0 Å². The van der Waals surface area contributed by atoms with Gasteiger partial charge in [0.05, 0.1) is 27.2 Å². The van der Waals surface area contributed by atoms with Gasteiger partial charge in [0.2, 0.25) is 0 Å². The maximum Gasteiger partial charge on any atom is 0.266 e. The fourth-order valence-electron chi connectivity index (χ4n) is 3.36. The second-order valence-electron chi connectivity index (χ2n) is 6.84. The number of nitrogens with one attached hydrogen (secondary N) is 1. The number of nitrogens with zero attached hydrogens (tertiary/aromatic N) is 1. The van der Waals surface area contributed by atoms with Crippen LogP contribution in [-0.2, 0) is 6.42 Å². The van der Waals surface area contributed by atoms with Gasteiger partial charge in [0.1, 0.15) is 5.75 Å². The Morgan fingerprint density at radius 3 is 2.45 bits per heavy atom. The van der Waals surface area contributed by atoms with Crippen molar-refractivity contribution in [3.05, 3.63) is 80.0 Å². The third kappa shape index (κ3) is 4.40. The predicted molar refractivity (Wildman–Crippen MR) is 123 cm³/mol. The number of hydrogen-bond donors (Lipinski definition) is 1. The molecule has 3 aromatic rings. The number of ether oxygens (including phenoxy) is 1. The molecule has 0 bridgehead atoms. The molecule has 0 spiro atoms. The average molecular weight is 499 g/mol. The van der Waals surface area contributed by atoms with Crippen LogP contribution in [0.25, 0.3) is 0 Å². The number of rotatable bonds is 7. The van der Waals surface area contributed by atoms with E-state index in [4.69, 9.17) is 4.74 Å². The molecule has 2 heterocycles. The van der Waals surface area contributed by atoms with Crippen LogP contribution in [0.2, 0.25) is 0 Å². The Hall–Kier alpha value is -2.97. The first-order valence-corrected chi connectivity index (χ1v) is 11.4. The van der Waals surface area contributed by atoms with E-state index in [0.717, 1.165) is 20.0 Å². The molecule has 158 valence electrons. The lowest BCUT2D eigenvalue weighted by atomic mass is 10.1. The molecule has 0 unspecified atom stereocenters. The van der Waals surface area contributed by atoms with Crippen molar-refractivity contribution in [1.29, 1.82) is 0 Å². The first kappa shape index (κ1) is 21.3. The number of amides is 3. The monoisotopic (exact) mass is 498 g/mol. The van der Waals surface area contributed by atoms with Crippen molar-refractivity contribution in [2.45, 2.75) is 13.3 Å². The number of benzene rings is 2. The lowest BCUT2D eigenvalue weighted by Crippen LogP contribution is -2.29. The number of anilines is 1. The molecule has 4 rings (SSSR count). The molecular formula is C23H19BrN2O4S. The van der Waals surface area contributed by atoms with Crippen molar-refractivity contribution in [2.24, 2.45) is 0 Å². The van der Waals surface area contributed by atoms with Crippen molar-refractivity contribution >= 4 is 50.7 Å². The Kier molecular flexibility index (Phi) is 6.20. The van der Waals surface area contributed by atoms with Gasteiger partial charge in [-0.1, -0.05) is 0 Å². The molecule has 2 aromatic carbocycles. The first-order chi connectivity index (χ1) is 15.0.